The third kappa shape index (κ3) is 3.03. The van der Waals surface area contributed by atoms with E-state index in [1.807, 2.05) is 0 Å². The summed E-state index contributed by atoms with van der Waals surface area (Å²) in [4.78, 5) is 10.7. The van der Waals surface area contributed by atoms with Gasteiger partial charge >= 0.3 is 0 Å². The summed E-state index contributed by atoms with van der Waals surface area (Å²) in [5, 5.41) is 0.563. The van der Waals surface area contributed by atoms with Crippen LogP contribution in [0.1, 0.15) is 24.5 Å². The van der Waals surface area contributed by atoms with E-state index >= 15 is 0 Å². The Kier molecular flexibility index (Phi) is 4.77. The van der Waals surface area contributed by atoms with Gasteiger partial charge in [-0.2, -0.15) is 0 Å². The van der Waals surface area contributed by atoms with Crippen molar-refractivity contribution in [3.8, 4) is 0 Å². The Bertz CT molecular complexity index is 319. The SMILES string of the molecule is CN1CCCC(c2nccnc2Cl)C1.Cl. The van der Waals surface area contributed by atoms with E-state index in [9.17, 15) is 0 Å². The Labute approximate surface area is 101 Å². The number of halogens is 2. The number of hydrogen-bond donors (Lipinski definition) is 0. The van der Waals surface area contributed by atoms with Crippen molar-refractivity contribution < 1.29 is 0 Å². The van der Waals surface area contributed by atoms with Gasteiger partial charge in [-0.25, -0.2) is 4.98 Å². The smallest absolute Gasteiger partial charge is 0.150 e. The number of rotatable bonds is 1. The second-order valence-electron chi connectivity index (χ2n) is 3.83. The van der Waals surface area contributed by atoms with Gasteiger partial charge in [-0.1, -0.05) is 11.6 Å². The van der Waals surface area contributed by atoms with E-state index in [-0.39, 0.29) is 12.4 Å². The van der Waals surface area contributed by atoms with Crippen LogP contribution >= 0.6 is 24.0 Å². The van der Waals surface area contributed by atoms with Gasteiger partial charge in [0.1, 0.15) is 0 Å². The molecule has 1 unspecified atom stereocenters. The summed E-state index contributed by atoms with van der Waals surface area (Å²) in [6, 6.07) is 0. The Hall–Kier alpha value is -0.380. The van der Waals surface area contributed by atoms with Gasteiger partial charge in [0.2, 0.25) is 0 Å². The molecule has 2 rings (SSSR count). The Morgan fingerprint density at radius 1 is 1.40 bits per heavy atom. The minimum atomic E-state index is 0. The van der Waals surface area contributed by atoms with E-state index in [2.05, 4.69) is 21.9 Å². The molecule has 1 aromatic rings. The van der Waals surface area contributed by atoms with Crippen LogP contribution in [0.3, 0.4) is 0 Å². The highest BCUT2D eigenvalue weighted by Gasteiger charge is 2.22. The number of nitrogens with zero attached hydrogens (tertiary/aromatic N) is 3. The number of hydrogen-bond acceptors (Lipinski definition) is 3. The zero-order valence-electron chi connectivity index (χ0n) is 8.69. The summed E-state index contributed by atoms with van der Waals surface area (Å²) >= 11 is 6.01. The van der Waals surface area contributed by atoms with E-state index in [1.165, 1.54) is 19.4 Å². The lowest BCUT2D eigenvalue weighted by molar-refractivity contribution is 0.248. The third-order valence-corrected chi connectivity index (χ3v) is 2.98. The third-order valence-electron chi connectivity index (χ3n) is 2.69. The molecule has 84 valence electrons. The maximum absolute atomic E-state index is 6.01. The van der Waals surface area contributed by atoms with Gasteiger partial charge in [-0.05, 0) is 26.4 Å². The Morgan fingerprint density at radius 2 is 2.13 bits per heavy atom. The fourth-order valence-electron chi connectivity index (χ4n) is 2.00. The lowest BCUT2D eigenvalue weighted by Gasteiger charge is -2.29. The van der Waals surface area contributed by atoms with Crippen molar-refractivity contribution >= 4 is 24.0 Å². The van der Waals surface area contributed by atoms with E-state index in [0.29, 0.717) is 11.1 Å². The van der Waals surface area contributed by atoms with E-state index in [4.69, 9.17) is 11.6 Å². The lowest BCUT2D eigenvalue weighted by Crippen LogP contribution is -2.31. The average Bonchev–Trinajstić information content (AvgIpc) is 2.18. The zero-order valence-corrected chi connectivity index (χ0v) is 10.3. The minimum absolute atomic E-state index is 0. The minimum Gasteiger partial charge on any atom is -0.306 e. The van der Waals surface area contributed by atoms with Crippen molar-refractivity contribution in [3.63, 3.8) is 0 Å². The number of likely N-dealkylation sites (N-methyl/N-ethyl adjacent to an activating group) is 1. The molecule has 2 heterocycles. The van der Waals surface area contributed by atoms with Gasteiger partial charge in [-0.3, -0.25) is 4.98 Å². The van der Waals surface area contributed by atoms with Crippen LogP contribution in [0.5, 0.6) is 0 Å². The predicted molar refractivity (Wildman–Crippen MR) is 63.8 cm³/mol. The second kappa shape index (κ2) is 5.64. The first-order valence-electron chi connectivity index (χ1n) is 4.92. The fourth-order valence-corrected chi connectivity index (χ4v) is 2.25. The van der Waals surface area contributed by atoms with Gasteiger partial charge in [0.05, 0.1) is 5.69 Å². The molecule has 1 fully saturated rings. The summed E-state index contributed by atoms with van der Waals surface area (Å²) in [6.45, 7) is 2.22. The van der Waals surface area contributed by atoms with Gasteiger partial charge in [0, 0.05) is 24.9 Å². The van der Waals surface area contributed by atoms with Crippen LogP contribution in [0, 0.1) is 0 Å². The molecule has 1 aromatic heterocycles. The molecular weight excluding hydrogens is 233 g/mol. The quantitative estimate of drug-likeness (QED) is 0.764. The molecule has 5 heteroatoms. The number of piperidine rings is 1. The summed E-state index contributed by atoms with van der Waals surface area (Å²) < 4.78 is 0. The molecule has 0 bridgehead atoms. The topological polar surface area (TPSA) is 29.0 Å². The predicted octanol–water partition coefficient (Wildman–Crippen LogP) is 2.36. The normalized spacial score (nSPS) is 22.1. The van der Waals surface area contributed by atoms with E-state index in [1.54, 1.807) is 12.4 Å². The molecule has 0 amide bonds. The molecule has 3 nitrogen and oxygen atoms in total. The van der Waals surface area contributed by atoms with Gasteiger partial charge in [0.15, 0.2) is 5.15 Å². The fraction of sp³-hybridized carbons (Fsp3) is 0.600. The monoisotopic (exact) mass is 247 g/mol. The maximum Gasteiger partial charge on any atom is 0.150 e. The zero-order chi connectivity index (χ0) is 9.97. The second-order valence-corrected chi connectivity index (χ2v) is 4.19. The first-order valence-corrected chi connectivity index (χ1v) is 5.30. The molecule has 0 aliphatic carbocycles. The van der Waals surface area contributed by atoms with Crippen LogP contribution < -0.4 is 0 Å². The lowest BCUT2D eigenvalue weighted by atomic mass is 9.95. The molecule has 0 radical (unpaired) electrons. The molecule has 1 aliphatic rings. The highest BCUT2D eigenvalue weighted by molar-refractivity contribution is 6.30. The highest BCUT2D eigenvalue weighted by atomic mass is 35.5. The van der Waals surface area contributed by atoms with Gasteiger partial charge < -0.3 is 4.90 Å². The molecule has 15 heavy (non-hydrogen) atoms. The van der Waals surface area contributed by atoms with Crippen molar-refractivity contribution in [2.24, 2.45) is 0 Å². The van der Waals surface area contributed by atoms with E-state index in [0.717, 1.165) is 12.2 Å². The highest BCUT2D eigenvalue weighted by Crippen LogP contribution is 2.27. The largest absolute Gasteiger partial charge is 0.306 e. The van der Waals surface area contributed by atoms with Gasteiger partial charge in [-0.15, -0.1) is 12.4 Å². The summed E-state index contributed by atoms with van der Waals surface area (Å²) in [5.41, 5.74) is 0.959. The standard InChI is InChI=1S/C10H14ClN3.ClH/c1-14-6-2-3-8(7-14)9-10(11)13-5-4-12-9;/h4-5,8H,2-3,6-7H2,1H3;1H. The van der Waals surface area contributed by atoms with E-state index < -0.39 is 0 Å². The Morgan fingerprint density at radius 3 is 2.80 bits per heavy atom. The number of likely N-dealkylation sites (tertiary alicyclic amines) is 1. The van der Waals surface area contributed by atoms with Crippen LogP contribution in [-0.2, 0) is 0 Å². The number of aromatic nitrogens is 2. The van der Waals surface area contributed by atoms with Crippen LogP contribution in [0.4, 0.5) is 0 Å². The molecule has 0 N–H and O–H groups in total. The summed E-state index contributed by atoms with van der Waals surface area (Å²) in [7, 11) is 2.14. The first kappa shape index (κ1) is 12.7. The molecule has 1 aliphatic heterocycles. The first-order chi connectivity index (χ1) is 6.77. The van der Waals surface area contributed by atoms with Crippen molar-refractivity contribution in [2.75, 3.05) is 20.1 Å². The molecule has 0 spiro atoms. The maximum atomic E-state index is 6.01. The van der Waals surface area contributed by atoms with Crippen molar-refractivity contribution in [2.45, 2.75) is 18.8 Å². The van der Waals surface area contributed by atoms with Crippen molar-refractivity contribution in [1.82, 2.24) is 14.9 Å². The molecule has 0 saturated carbocycles. The van der Waals surface area contributed by atoms with Crippen molar-refractivity contribution in [1.29, 1.82) is 0 Å². The molecule has 0 aromatic carbocycles. The van der Waals surface area contributed by atoms with Crippen LogP contribution in [0.2, 0.25) is 5.15 Å². The summed E-state index contributed by atoms with van der Waals surface area (Å²) in [5.74, 6) is 0.454. The molecular formula is C10H15Cl2N3. The Balaban J connectivity index is 0.00000112. The van der Waals surface area contributed by atoms with Crippen molar-refractivity contribution in [3.05, 3.63) is 23.2 Å². The summed E-state index contributed by atoms with van der Waals surface area (Å²) in [6.07, 6.45) is 5.74. The molecule has 1 saturated heterocycles. The average molecular weight is 248 g/mol. The van der Waals surface area contributed by atoms with Crippen LogP contribution in [0.15, 0.2) is 12.4 Å². The van der Waals surface area contributed by atoms with Gasteiger partial charge in [0.25, 0.3) is 0 Å². The van der Waals surface area contributed by atoms with Crippen LogP contribution in [0.25, 0.3) is 0 Å². The van der Waals surface area contributed by atoms with Crippen LogP contribution in [-0.4, -0.2) is 35.0 Å². The molecule has 1 atom stereocenters.